The molecule has 1 atom stereocenters. The van der Waals surface area contributed by atoms with E-state index in [9.17, 15) is 0 Å². The molecule has 0 aliphatic rings. The monoisotopic (exact) mass is 261 g/mol. The van der Waals surface area contributed by atoms with E-state index in [1.165, 1.54) is 63.4 Å². The molecule has 1 rings (SSSR count). The lowest BCUT2D eigenvalue weighted by atomic mass is 10.0. The SMILES string of the molecule is CCCCCCCCCCC(N)Cc1ccccc1. The lowest BCUT2D eigenvalue weighted by Crippen LogP contribution is -2.22. The van der Waals surface area contributed by atoms with Gasteiger partial charge in [-0.05, 0) is 18.4 Å². The van der Waals surface area contributed by atoms with E-state index >= 15 is 0 Å². The molecule has 1 nitrogen and oxygen atoms in total. The van der Waals surface area contributed by atoms with Crippen molar-refractivity contribution >= 4 is 0 Å². The second kappa shape index (κ2) is 11.0. The van der Waals surface area contributed by atoms with Crippen LogP contribution in [0.5, 0.6) is 0 Å². The summed E-state index contributed by atoms with van der Waals surface area (Å²) in [6.07, 6.45) is 13.2. The van der Waals surface area contributed by atoms with E-state index < -0.39 is 0 Å². The largest absolute Gasteiger partial charge is 0.327 e. The summed E-state index contributed by atoms with van der Waals surface area (Å²) >= 11 is 0. The summed E-state index contributed by atoms with van der Waals surface area (Å²) in [6.45, 7) is 2.27. The highest BCUT2D eigenvalue weighted by Crippen LogP contribution is 2.12. The van der Waals surface area contributed by atoms with Crippen molar-refractivity contribution in [2.75, 3.05) is 0 Å². The summed E-state index contributed by atoms with van der Waals surface area (Å²) in [4.78, 5) is 0. The van der Waals surface area contributed by atoms with E-state index in [-0.39, 0.29) is 0 Å². The standard InChI is InChI=1S/C18H31N/c1-2-3-4-5-6-7-8-12-15-18(19)16-17-13-10-9-11-14-17/h9-11,13-14,18H,2-8,12,15-16,19H2,1H3. The average molecular weight is 261 g/mol. The summed E-state index contributed by atoms with van der Waals surface area (Å²) in [5, 5.41) is 0. The second-order valence-corrected chi connectivity index (χ2v) is 5.71. The van der Waals surface area contributed by atoms with Crippen LogP contribution in [0.25, 0.3) is 0 Å². The van der Waals surface area contributed by atoms with Gasteiger partial charge in [-0.15, -0.1) is 0 Å². The van der Waals surface area contributed by atoms with Gasteiger partial charge in [0.05, 0.1) is 0 Å². The van der Waals surface area contributed by atoms with Gasteiger partial charge in [0.1, 0.15) is 0 Å². The molecule has 0 saturated carbocycles. The third kappa shape index (κ3) is 8.83. The Bertz CT molecular complexity index is 294. The minimum absolute atomic E-state index is 0.336. The van der Waals surface area contributed by atoms with Crippen molar-refractivity contribution in [1.29, 1.82) is 0 Å². The lowest BCUT2D eigenvalue weighted by Gasteiger charge is -2.11. The maximum atomic E-state index is 6.19. The van der Waals surface area contributed by atoms with Crippen molar-refractivity contribution in [2.24, 2.45) is 5.73 Å². The lowest BCUT2D eigenvalue weighted by molar-refractivity contribution is 0.525. The molecule has 0 radical (unpaired) electrons. The zero-order chi connectivity index (χ0) is 13.8. The topological polar surface area (TPSA) is 26.0 Å². The van der Waals surface area contributed by atoms with Crippen molar-refractivity contribution in [3.05, 3.63) is 35.9 Å². The molecule has 0 saturated heterocycles. The van der Waals surface area contributed by atoms with Crippen LogP contribution < -0.4 is 5.73 Å². The van der Waals surface area contributed by atoms with Gasteiger partial charge in [0, 0.05) is 6.04 Å². The molecule has 19 heavy (non-hydrogen) atoms. The Morgan fingerprint density at radius 1 is 0.842 bits per heavy atom. The van der Waals surface area contributed by atoms with E-state index in [0.29, 0.717) is 6.04 Å². The number of hydrogen-bond acceptors (Lipinski definition) is 1. The molecule has 0 spiro atoms. The minimum Gasteiger partial charge on any atom is -0.327 e. The predicted octanol–water partition coefficient (Wildman–Crippen LogP) is 5.09. The molecule has 1 aromatic rings. The van der Waals surface area contributed by atoms with Crippen LogP contribution in [-0.4, -0.2) is 6.04 Å². The Morgan fingerprint density at radius 2 is 1.42 bits per heavy atom. The molecular weight excluding hydrogens is 230 g/mol. The fraction of sp³-hybridized carbons (Fsp3) is 0.667. The van der Waals surface area contributed by atoms with Crippen molar-refractivity contribution in [3.8, 4) is 0 Å². The van der Waals surface area contributed by atoms with Crippen LogP contribution in [0.3, 0.4) is 0 Å². The van der Waals surface area contributed by atoms with Gasteiger partial charge < -0.3 is 5.73 Å². The average Bonchev–Trinajstić information content (AvgIpc) is 2.43. The van der Waals surface area contributed by atoms with E-state index in [1.54, 1.807) is 0 Å². The quantitative estimate of drug-likeness (QED) is 0.552. The van der Waals surface area contributed by atoms with E-state index in [4.69, 9.17) is 5.73 Å². The second-order valence-electron chi connectivity index (χ2n) is 5.71. The summed E-state index contributed by atoms with van der Waals surface area (Å²) in [7, 11) is 0. The smallest absolute Gasteiger partial charge is 0.00793 e. The van der Waals surface area contributed by atoms with Crippen molar-refractivity contribution in [1.82, 2.24) is 0 Å². The number of unbranched alkanes of at least 4 members (excludes halogenated alkanes) is 7. The van der Waals surface area contributed by atoms with Gasteiger partial charge in [-0.3, -0.25) is 0 Å². The third-order valence-corrected chi connectivity index (χ3v) is 3.77. The summed E-state index contributed by atoms with van der Waals surface area (Å²) in [6, 6.07) is 10.9. The van der Waals surface area contributed by atoms with Gasteiger partial charge in [0.2, 0.25) is 0 Å². The molecular formula is C18H31N. The Hall–Kier alpha value is -0.820. The highest BCUT2D eigenvalue weighted by atomic mass is 14.6. The van der Waals surface area contributed by atoms with Crippen molar-refractivity contribution < 1.29 is 0 Å². The first kappa shape index (κ1) is 16.2. The molecule has 0 amide bonds. The van der Waals surface area contributed by atoms with Crippen molar-refractivity contribution in [2.45, 2.75) is 77.2 Å². The molecule has 108 valence electrons. The van der Waals surface area contributed by atoms with Gasteiger partial charge in [-0.25, -0.2) is 0 Å². The van der Waals surface area contributed by atoms with Gasteiger partial charge in [-0.2, -0.15) is 0 Å². The Balaban J connectivity index is 1.94. The van der Waals surface area contributed by atoms with E-state index in [1.807, 2.05) is 0 Å². The fourth-order valence-corrected chi connectivity index (χ4v) is 2.56. The molecule has 0 fully saturated rings. The molecule has 0 aromatic heterocycles. The zero-order valence-corrected chi connectivity index (χ0v) is 12.6. The highest BCUT2D eigenvalue weighted by molar-refractivity contribution is 5.15. The number of nitrogens with two attached hydrogens (primary N) is 1. The Kier molecular flexibility index (Phi) is 9.44. The first-order chi connectivity index (χ1) is 9.33. The van der Waals surface area contributed by atoms with Gasteiger partial charge >= 0.3 is 0 Å². The Morgan fingerprint density at radius 3 is 2.05 bits per heavy atom. The summed E-state index contributed by atoms with van der Waals surface area (Å²) < 4.78 is 0. The minimum atomic E-state index is 0.336. The predicted molar refractivity (Wildman–Crippen MR) is 85.3 cm³/mol. The molecule has 0 bridgehead atoms. The van der Waals surface area contributed by atoms with Gasteiger partial charge in [0.25, 0.3) is 0 Å². The first-order valence-electron chi connectivity index (χ1n) is 8.12. The number of hydrogen-bond donors (Lipinski definition) is 1. The summed E-state index contributed by atoms with van der Waals surface area (Å²) in [5.41, 5.74) is 7.56. The third-order valence-electron chi connectivity index (χ3n) is 3.77. The molecule has 0 heterocycles. The molecule has 1 aromatic carbocycles. The van der Waals surface area contributed by atoms with Crippen LogP contribution in [0.4, 0.5) is 0 Å². The first-order valence-corrected chi connectivity index (χ1v) is 8.12. The molecule has 0 aliphatic heterocycles. The Labute approximate surface area is 119 Å². The molecule has 0 aliphatic carbocycles. The molecule has 1 unspecified atom stereocenters. The maximum absolute atomic E-state index is 6.19. The van der Waals surface area contributed by atoms with Crippen LogP contribution in [0.15, 0.2) is 30.3 Å². The van der Waals surface area contributed by atoms with Crippen LogP contribution in [0, 0.1) is 0 Å². The highest BCUT2D eigenvalue weighted by Gasteiger charge is 2.03. The maximum Gasteiger partial charge on any atom is 0.00793 e. The van der Waals surface area contributed by atoms with E-state index in [2.05, 4.69) is 37.3 Å². The molecule has 1 heteroatoms. The van der Waals surface area contributed by atoms with Gasteiger partial charge in [-0.1, -0.05) is 88.6 Å². The normalized spacial score (nSPS) is 12.5. The molecule has 2 N–H and O–H groups in total. The summed E-state index contributed by atoms with van der Waals surface area (Å²) in [5.74, 6) is 0. The van der Waals surface area contributed by atoms with Crippen molar-refractivity contribution in [3.63, 3.8) is 0 Å². The van der Waals surface area contributed by atoms with Crippen LogP contribution in [0.1, 0.15) is 70.3 Å². The number of benzene rings is 1. The number of rotatable bonds is 11. The van der Waals surface area contributed by atoms with Crippen LogP contribution in [-0.2, 0) is 6.42 Å². The zero-order valence-electron chi connectivity index (χ0n) is 12.6. The fourth-order valence-electron chi connectivity index (χ4n) is 2.56. The van der Waals surface area contributed by atoms with Crippen LogP contribution >= 0.6 is 0 Å². The van der Waals surface area contributed by atoms with E-state index in [0.717, 1.165) is 6.42 Å². The van der Waals surface area contributed by atoms with Gasteiger partial charge in [0.15, 0.2) is 0 Å². The van der Waals surface area contributed by atoms with Crippen LogP contribution in [0.2, 0.25) is 0 Å².